The minimum atomic E-state index is -2.60. The molecule has 1 N–H and O–H groups in total. The number of hydrogen-bond donors (Lipinski definition) is 1. The van der Waals surface area contributed by atoms with E-state index in [-0.39, 0.29) is 6.42 Å². The fraction of sp³-hybridized carbons (Fsp3) is 0.783. The molecule has 154 valence electrons. The lowest BCUT2D eigenvalue weighted by molar-refractivity contribution is -0.148. The first kappa shape index (κ1) is 22.1. The molecule has 0 aromatic heterocycles. The topological polar surface area (TPSA) is 37.3 Å². The van der Waals surface area contributed by atoms with E-state index in [0.717, 1.165) is 18.8 Å². The molecule has 2 aliphatic rings. The number of alkyl halides is 2. The van der Waals surface area contributed by atoms with Gasteiger partial charge >= 0.3 is 5.97 Å². The van der Waals surface area contributed by atoms with Gasteiger partial charge in [0.25, 0.3) is 0 Å². The van der Waals surface area contributed by atoms with E-state index in [9.17, 15) is 18.7 Å². The van der Waals surface area contributed by atoms with Crippen LogP contribution in [0, 0.1) is 17.3 Å². The molecule has 1 fully saturated rings. The molecule has 0 aromatic carbocycles. The monoisotopic (exact) mass is 382 g/mol. The smallest absolute Gasteiger partial charge is 0.314 e. The van der Waals surface area contributed by atoms with E-state index in [1.54, 1.807) is 0 Å². The Morgan fingerprint density at radius 2 is 1.81 bits per heavy atom. The molecule has 2 nitrogen and oxygen atoms in total. The molecule has 0 radical (unpaired) electrons. The van der Waals surface area contributed by atoms with E-state index in [4.69, 9.17) is 0 Å². The summed E-state index contributed by atoms with van der Waals surface area (Å²) < 4.78 is 25.6. The quantitative estimate of drug-likeness (QED) is 0.385. The van der Waals surface area contributed by atoms with E-state index in [1.165, 1.54) is 69.4 Å². The third kappa shape index (κ3) is 6.73. The number of aliphatic carboxylic acids is 1. The van der Waals surface area contributed by atoms with Crippen LogP contribution in [0.25, 0.3) is 0 Å². The van der Waals surface area contributed by atoms with Gasteiger partial charge in [-0.3, -0.25) is 4.79 Å². The van der Waals surface area contributed by atoms with Crippen LogP contribution < -0.4 is 0 Å². The minimum absolute atomic E-state index is 0.191. The lowest BCUT2D eigenvalue weighted by Gasteiger charge is -2.33. The van der Waals surface area contributed by atoms with E-state index < -0.39 is 24.2 Å². The van der Waals surface area contributed by atoms with Gasteiger partial charge in [-0.1, -0.05) is 70.1 Å². The maximum Gasteiger partial charge on any atom is 0.314 e. The Kier molecular flexibility index (Phi) is 8.98. The van der Waals surface area contributed by atoms with Crippen molar-refractivity contribution < 1.29 is 18.7 Å². The van der Waals surface area contributed by atoms with Crippen LogP contribution in [-0.4, -0.2) is 17.5 Å². The Labute approximate surface area is 163 Å². The van der Waals surface area contributed by atoms with Gasteiger partial charge in [0.1, 0.15) is 0 Å². The van der Waals surface area contributed by atoms with Crippen LogP contribution in [-0.2, 0) is 4.79 Å². The first-order chi connectivity index (χ1) is 13.0. The predicted molar refractivity (Wildman–Crippen MR) is 106 cm³/mol. The number of carboxylic acids is 1. The number of hydrogen-bond acceptors (Lipinski definition) is 1. The van der Waals surface area contributed by atoms with Crippen LogP contribution in [0.4, 0.5) is 8.78 Å². The molecule has 1 atom stereocenters. The number of halogens is 2. The van der Waals surface area contributed by atoms with Crippen molar-refractivity contribution in [2.24, 2.45) is 17.3 Å². The van der Waals surface area contributed by atoms with Gasteiger partial charge in [0.15, 0.2) is 0 Å². The summed E-state index contributed by atoms with van der Waals surface area (Å²) in [5, 5.41) is 9.41. The molecule has 0 aliphatic heterocycles. The summed E-state index contributed by atoms with van der Waals surface area (Å²) in [4.78, 5) is 11.5. The molecule has 2 aliphatic carbocycles. The summed E-state index contributed by atoms with van der Waals surface area (Å²) in [6, 6.07) is 0. The summed E-state index contributed by atoms with van der Waals surface area (Å²) >= 11 is 0. The zero-order valence-electron chi connectivity index (χ0n) is 16.8. The first-order valence-corrected chi connectivity index (χ1v) is 10.9. The summed E-state index contributed by atoms with van der Waals surface area (Å²) in [5.74, 6) is 0.162. The molecule has 0 spiro atoms. The van der Waals surface area contributed by atoms with Gasteiger partial charge in [-0.25, -0.2) is 8.78 Å². The second kappa shape index (κ2) is 11.0. The number of allylic oxidation sites excluding steroid dienone is 3. The molecule has 0 aromatic rings. The van der Waals surface area contributed by atoms with Crippen LogP contribution in [0.5, 0.6) is 0 Å². The zero-order valence-corrected chi connectivity index (χ0v) is 16.8. The maximum absolute atomic E-state index is 12.8. The second-order valence-corrected chi connectivity index (χ2v) is 8.57. The summed E-state index contributed by atoms with van der Waals surface area (Å²) in [7, 11) is 0. The second-order valence-electron chi connectivity index (χ2n) is 8.57. The molecule has 0 bridgehead atoms. The Morgan fingerprint density at radius 3 is 2.37 bits per heavy atom. The molecule has 4 heteroatoms. The van der Waals surface area contributed by atoms with Crippen molar-refractivity contribution in [3.05, 3.63) is 23.8 Å². The SMILES string of the molecule is CCCCCCCCC1CCC(C2=CCC(CC(F)F)(C(=O)O)C=C2)CC1. The lowest BCUT2D eigenvalue weighted by Crippen LogP contribution is -2.32. The summed E-state index contributed by atoms with van der Waals surface area (Å²) in [6.45, 7) is 2.25. The van der Waals surface area contributed by atoms with Gasteiger partial charge in [0, 0.05) is 6.42 Å². The van der Waals surface area contributed by atoms with Gasteiger partial charge in [-0.2, -0.15) is 0 Å². The Hall–Kier alpha value is -1.19. The molecule has 1 unspecified atom stereocenters. The predicted octanol–water partition coefficient (Wildman–Crippen LogP) is 7.16. The van der Waals surface area contributed by atoms with Gasteiger partial charge in [0.2, 0.25) is 6.43 Å². The van der Waals surface area contributed by atoms with Gasteiger partial charge in [-0.15, -0.1) is 0 Å². The van der Waals surface area contributed by atoms with E-state index in [2.05, 4.69) is 6.92 Å². The average molecular weight is 383 g/mol. The molecule has 2 rings (SSSR count). The highest BCUT2D eigenvalue weighted by Crippen LogP contribution is 2.41. The molecule has 0 saturated heterocycles. The largest absolute Gasteiger partial charge is 0.481 e. The van der Waals surface area contributed by atoms with Crippen LogP contribution in [0.2, 0.25) is 0 Å². The molecule has 0 amide bonds. The van der Waals surface area contributed by atoms with Crippen molar-refractivity contribution in [2.45, 2.75) is 96.8 Å². The standard InChI is InChI=1S/C23H36F2O2/c1-2-3-4-5-6-7-8-18-9-11-19(12-10-18)20-13-15-23(16-14-20,22(26)27)17-21(24)25/h13-15,18-19,21H,2-12,16-17H2,1H3,(H,26,27). The molecule has 0 heterocycles. The third-order valence-electron chi connectivity index (χ3n) is 6.53. The Balaban J connectivity index is 1.74. The van der Waals surface area contributed by atoms with Gasteiger partial charge in [-0.05, 0) is 49.5 Å². The zero-order chi connectivity index (χ0) is 19.7. The van der Waals surface area contributed by atoms with Crippen LogP contribution in [0.1, 0.15) is 90.4 Å². The van der Waals surface area contributed by atoms with Crippen molar-refractivity contribution in [2.75, 3.05) is 0 Å². The van der Waals surface area contributed by atoms with E-state index in [1.807, 2.05) is 12.2 Å². The Morgan fingerprint density at radius 1 is 1.15 bits per heavy atom. The number of rotatable bonds is 11. The van der Waals surface area contributed by atoms with E-state index >= 15 is 0 Å². The van der Waals surface area contributed by atoms with Crippen molar-refractivity contribution >= 4 is 5.97 Å². The Bertz CT molecular complexity index is 518. The molecular formula is C23H36F2O2. The normalized spacial score (nSPS) is 28.4. The van der Waals surface area contributed by atoms with Crippen molar-refractivity contribution in [1.82, 2.24) is 0 Å². The van der Waals surface area contributed by atoms with Crippen molar-refractivity contribution in [1.29, 1.82) is 0 Å². The molecular weight excluding hydrogens is 346 g/mol. The summed E-state index contributed by atoms with van der Waals surface area (Å²) in [6.07, 6.45) is 16.4. The van der Waals surface area contributed by atoms with Gasteiger partial charge < -0.3 is 5.11 Å². The molecule has 27 heavy (non-hydrogen) atoms. The fourth-order valence-electron chi connectivity index (χ4n) is 4.66. The highest BCUT2D eigenvalue weighted by atomic mass is 19.3. The van der Waals surface area contributed by atoms with Crippen LogP contribution in [0.3, 0.4) is 0 Å². The highest BCUT2D eigenvalue weighted by molar-refractivity contribution is 5.78. The maximum atomic E-state index is 12.8. The van der Waals surface area contributed by atoms with Crippen molar-refractivity contribution in [3.63, 3.8) is 0 Å². The minimum Gasteiger partial charge on any atom is -0.481 e. The van der Waals surface area contributed by atoms with E-state index in [0.29, 0.717) is 5.92 Å². The van der Waals surface area contributed by atoms with Crippen LogP contribution >= 0.6 is 0 Å². The number of carbonyl (C=O) groups is 1. The highest BCUT2D eigenvalue weighted by Gasteiger charge is 2.40. The first-order valence-electron chi connectivity index (χ1n) is 10.9. The molecule has 1 saturated carbocycles. The van der Waals surface area contributed by atoms with Crippen molar-refractivity contribution in [3.8, 4) is 0 Å². The fourth-order valence-corrected chi connectivity index (χ4v) is 4.66. The summed E-state index contributed by atoms with van der Waals surface area (Å²) in [5.41, 5.74) is -0.258. The lowest BCUT2D eigenvalue weighted by atomic mass is 9.72. The number of unbranched alkanes of at least 4 members (excludes halogenated alkanes) is 5. The average Bonchev–Trinajstić information content (AvgIpc) is 2.65. The van der Waals surface area contributed by atoms with Gasteiger partial charge in [0.05, 0.1) is 5.41 Å². The third-order valence-corrected chi connectivity index (χ3v) is 6.53. The number of carboxylic acid groups (broad SMARTS) is 1. The van der Waals surface area contributed by atoms with Crippen LogP contribution in [0.15, 0.2) is 23.8 Å².